The highest BCUT2D eigenvalue weighted by Gasteiger charge is 2.33. The third-order valence-corrected chi connectivity index (χ3v) is 4.70. The Kier molecular flexibility index (Phi) is 4.54. The highest BCUT2D eigenvalue weighted by atomic mass is 19.4. The van der Waals surface area contributed by atoms with Gasteiger partial charge in [0.15, 0.2) is 0 Å². The number of nitrogens with one attached hydrogen (secondary N) is 2. The lowest BCUT2D eigenvalue weighted by atomic mass is 9.87. The van der Waals surface area contributed by atoms with Gasteiger partial charge in [-0.05, 0) is 23.8 Å². The Morgan fingerprint density at radius 1 is 1.11 bits per heavy atom. The zero-order valence-corrected chi connectivity index (χ0v) is 14.6. The number of alkyl halides is 3. The minimum Gasteiger partial charge on any atom is -0.489 e. The number of rotatable bonds is 4. The van der Waals surface area contributed by atoms with Crippen LogP contribution in [0.5, 0.6) is 5.75 Å². The first-order chi connectivity index (χ1) is 13.4. The van der Waals surface area contributed by atoms with E-state index in [1.165, 1.54) is 12.1 Å². The Bertz CT molecular complexity index is 996. The Hall–Kier alpha value is -3.29. The number of hydrogen-bond acceptors (Lipinski definition) is 3. The fourth-order valence-electron chi connectivity index (χ4n) is 3.32. The minimum absolute atomic E-state index is 0.0751. The van der Waals surface area contributed by atoms with E-state index in [1.807, 2.05) is 12.1 Å². The average molecular weight is 387 g/mol. The molecule has 0 saturated heterocycles. The molecule has 0 saturated carbocycles. The van der Waals surface area contributed by atoms with Crippen molar-refractivity contribution in [1.82, 2.24) is 10.2 Å². The maximum atomic E-state index is 13.1. The normalized spacial score (nSPS) is 16.4. The third kappa shape index (κ3) is 3.58. The maximum absolute atomic E-state index is 13.1. The summed E-state index contributed by atoms with van der Waals surface area (Å²) in [6.45, 7) is -0.188. The van der Waals surface area contributed by atoms with Crippen molar-refractivity contribution in [2.75, 3.05) is 5.32 Å². The molecule has 8 heteroatoms. The molecule has 28 heavy (non-hydrogen) atoms. The molecule has 144 valence electrons. The number of nitrogens with zero attached hydrogens (tertiary/aromatic N) is 1. The molecule has 2 aromatic carbocycles. The van der Waals surface area contributed by atoms with E-state index < -0.39 is 11.7 Å². The number of aromatic nitrogens is 2. The van der Waals surface area contributed by atoms with E-state index in [9.17, 15) is 18.0 Å². The summed E-state index contributed by atoms with van der Waals surface area (Å²) in [6, 6.07) is 12.3. The second-order valence-electron chi connectivity index (χ2n) is 6.52. The molecule has 3 aromatic rings. The minimum atomic E-state index is -4.42. The standard InChI is InChI=1S/C20H16F3N3O2/c21-20(22,23)17-4-2-1-3-13(17)11-28-14-7-5-12(6-8-14)15-9-18(27)25-19-16(15)10-24-26-19/h1-8,10,15H,9,11H2,(H2,24,25,26,27). The van der Waals surface area contributed by atoms with Gasteiger partial charge in [0.25, 0.3) is 0 Å². The fourth-order valence-corrected chi connectivity index (χ4v) is 3.32. The second-order valence-corrected chi connectivity index (χ2v) is 6.52. The van der Waals surface area contributed by atoms with E-state index in [1.54, 1.807) is 24.4 Å². The molecule has 1 aliphatic heterocycles. The Balaban J connectivity index is 1.49. The fraction of sp³-hybridized carbons (Fsp3) is 0.200. The molecule has 0 aliphatic carbocycles. The number of ether oxygens (including phenoxy) is 1. The van der Waals surface area contributed by atoms with Gasteiger partial charge in [0, 0.05) is 23.5 Å². The van der Waals surface area contributed by atoms with E-state index in [-0.39, 0.29) is 24.0 Å². The van der Waals surface area contributed by atoms with Crippen LogP contribution < -0.4 is 10.1 Å². The molecule has 5 nitrogen and oxygen atoms in total. The number of amides is 1. The van der Waals surface area contributed by atoms with Crippen molar-refractivity contribution in [3.05, 3.63) is 77.0 Å². The number of carbonyl (C=O) groups is 1. The lowest BCUT2D eigenvalue weighted by Gasteiger charge is -2.22. The quantitative estimate of drug-likeness (QED) is 0.694. The van der Waals surface area contributed by atoms with Crippen molar-refractivity contribution in [1.29, 1.82) is 0 Å². The molecule has 0 spiro atoms. The van der Waals surface area contributed by atoms with Crippen LogP contribution in [0.2, 0.25) is 0 Å². The van der Waals surface area contributed by atoms with Gasteiger partial charge in [0.1, 0.15) is 18.2 Å². The predicted octanol–water partition coefficient (Wildman–Crippen LogP) is 4.48. The van der Waals surface area contributed by atoms with E-state index in [4.69, 9.17) is 4.74 Å². The van der Waals surface area contributed by atoms with Crippen LogP contribution in [-0.4, -0.2) is 16.1 Å². The van der Waals surface area contributed by atoms with Gasteiger partial charge in [-0.3, -0.25) is 9.89 Å². The summed E-state index contributed by atoms with van der Waals surface area (Å²) in [5.41, 5.74) is 1.17. The molecule has 1 atom stereocenters. The van der Waals surface area contributed by atoms with Crippen LogP contribution in [-0.2, 0) is 17.6 Å². The molecule has 4 rings (SSSR count). The number of H-pyrrole nitrogens is 1. The summed E-state index contributed by atoms with van der Waals surface area (Å²) >= 11 is 0. The first kappa shape index (κ1) is 18.1. The van der Waals surface area contributed by atoms with E-state index in [2.05, 4.69) is 15.5 Å². The number of benzene rings is 2. The first-order valence-corrected chi connectivity index (χ1v) is 8.63. The zero-order chi connectivity index (χ0) is 19.7. The van der Waals surface area contributed by atoms with Crippen LogP contribution in [0.3, 0.4) is 0 Å². The Labute approximate surface area is 158 Å². The van der Waals surface area contributed by atoms with Gasteiger partial charge in [-0.15, -0.1) is 0 Å². The Morgan fingerprint density at radius 3 is 2.61 bits per heavy atom. The van der Waals surface area contributed by atoms with Crippen LogP contribution in [0.25, 0.3) is 0 Å². The smallest absolute Gasteiger partial charge is 0.416 e. The lowest BCUT2D eigenvalue weighted by molar-refractivity contribution is -0.138. The predicted molar refractivity (Wildman–Crippen MR) is 95.9 cm³/mol. The molecule has 0 fully saturated rings. The average Bonchev–Trinajstić information content (AvgIpc) is 3.14. The summed E-state index contributed by atoms with van der Waals surface area (Å²) in [6.07, 6.45) is -2.45. The van der Waals surface area contributed by atoms with E-state index in [0.717, 1.165) is 17.2 Å². The molecule has 2 N–H and O–H groups in total. The summed E-state index contributed by atoms with van der Waals surface area (Å²) < 4.78 is 44.7. The van der Waals surface area contributed by atoms with Crippen LogP contribution in [0, 0.1) is 0 Å². The molecule has 0 radical (unpaired) electrons. The van der Waals surface area contributed by atoms with Crippen molar-refractivity contribution in [3.8, 4) is 5.75 Å². The van der Waals surface area contributed by atoms with Crippen molar-refractivity contribution >= 4 is 11.7 Å². The monoisotopic (exact) mass is 387 g/mol. The van der Waals surface area contributed by atoms with Crippen LogP contribution in [0.1, 0.15) is 34.6 Å². The van der Waals surface area contributed by atoms with Gasteiger partial charge in [0.2, 0.25) is 5.91 Å². The van der Waals surface area contributed by atoms with Gasteiger partial charge < -0.3 is 10.1 Å². The number of hydrogen-bond donors (Lipinski definition) is 2. The summed E-state index contributed by atoms with van der Waals surface area (Å²) in [7, 11) is 0. The molecule has 2 heterocycles. The van der Waals surface area contributed by atoms with Crippen molar-refractivity contribution in [2.24, 2.45) is 0 Å². The van der Waals surface area contributed by atoms with Crippen LogP contribution in [0.4, 0.5) is 19.0 Å². The van der Waals surface area contributed by atoms with Gasteiger partial charge >= 0.3 is 6.18 Å². The molecule has 1 unspecified atom stereocenters. The number of aromatic amines is 1. The lowest BCUT2D eigenvalue weighted by Crippen LogP contribution is -2.22. The highest BCUT2D eigenvalue weighted by molar-refractivity contribution is 5.94. The maximum Gasteiger partial charge on any atom is 0.416 e. The summed E-state index contributed by atoms with van der Waals surface area (Å²) in [4.78, 5) is 11.9. The SMILES string of the molecule is O=C1CC(c2ccc(OCc3ccccc3C(F)(F)F)cc2)c2cn[nH]c2N1. The number of carbonyl (C=O) groups excluding carboxylic acids is 1. The number of fused-ring (bicyclic) bond motifs is 1. The topological polar surface area (TPSA) is 67.0 Å². The first-order valence-electron chi connectivity index (χ1n) is 8.63. The van der Waals surface area contributed by atoms with Crippen molar-refractivity contribution in [2.45, 2.75) is 25.1 Å². The second kappa shape index (κ2) is 7.03. The van der Waals surface area contributed by atoms with E-state index in [0.29, 0.717) is 18.0 Å². The molecule has 0 bridgehead atoms. The largest absolute Gasteiger partial charge is 0.489 e. The van der Waals surface area contributed by atoms with E-state index >= 15 is 0 Å². The number of halogens is 3. The summed E-state index contributed by atoms with van der Waals surface area (Å²) in [5, 5.41) is 9.46. The van der Waals surface area contributed by atoms with Gasteiger partial charge in [-0.1, -0.05) is 30.3 Å². The molecule has 1 amide bonds. The number of anilines is 1. The highest BCUT2D eigenvalue weighted by Crippen LogP contribution is 2.36. The zero-order valence-electron chi connectivity index (χ0n) is 14.6. The van der Waals surface area contributed by atoms with Gasteiger partial charge in [0.05, 0.1) is 11.8 Å². The molecule has 1 aliphatic rings. The van der Waals surface area contributed by atoms with Gasteiger partial charge in [-0.25, -0.2) is 0 Å². The Morgan fingerprint density at radius 2 is 1.86 bits per heavy atom. The van der Waals surface area contributed by atoms with Crippen molar-refractivity contribution < 1.29 is 22.7 Å². The van der Waals surface area contributed by atoms with Crippen molar-refractivity contribution in [3.63, 3.8) is 0 Å². The molecular formula is C20H16F3N3O2. The summed E-state index contributed by atoms with van der Waals surface area (Å²) in [5.74, 6) is 0.798. The molecular weight excluding hydrogens is 371 g/mol. The third-order valence-electron chi connectivity index (χ3n) is 4.70. The molecule has 1 aromatic heterocycles. The van der Waals surface area contributed by atoms with Crippen LogP contribution >= 0.6 is 0 Å². The van der Waals surface area contributed by atoms with Gasteiger partial charge in [-0.2, -0.15) is 18.3 Å². The van der Waals surface area contributed by atoms with Crippen LogP contribution in [0.15, 0.2) is 54.7 Å².